The summed E-state index contributed by atoms with van der Waals surface area (Å²) in [6.45, 7) is 2.05. The molecule has 0 saturated carbocycles. The van der Waals surface area contributed by atoms with E-state index < -0.39 is 17.7 Å². The smallest absolute Gasteiger partial charge is 0.131 e. The molecule has 2 atom stereocenters. The first-order valence-electron chi connectivity index (χ1n) is 4.68. The van der Waals surface area contributed by atoms with Gasteiger partial charge in [-0.25, -0.2) is 8.78 Å². The Morgan fingerprint density at radius 1 is 1.40 bits per heavy atom. The van der Waals surface area contributed by atoms with E-state index in [2.05, 4.69) is 0 Å². The zero-order valence-corrected chi connectivity index (χ0v) is 8.71. The second kappa shape index (κ2) is 5.19. The maximum absolute atomic E-state index is 13.3. The molecule has 0 aliphatic rings. The van der Waals surface area contributed by atoms with Crippen molar-refractivity contribution in [2.45, 2.75) is 13.0 Å². The van der Waals surface area contributed by atoms with Gasteiger partial charge >= 0.3 is 0 Å². The summed E-state index contributed by atoms with van der Waals surface area (Å²) in [5.41, 5.74) is 0.0981. The van der Waals surface area contributed by atoms with Gasteiger partial charge in [0.1, 0.15) is 11.6 Å². The lowest BCUT2D eigenvalue weighted by molar-refractivity contribution is 0.0544. The second-order valence-corrected chi connectivity index (χ2v) is 3.54. The minimum absolute atomic E-state index is 0.0981. The van der Waals surface area contributed by atoms with E-state index in [1.165, 1.54) is 13.2 Å². The van der Waals surface area contributed by atoms with E-state index in [4.69, 9.17) is 4.74 Å². The van der Waals surface area contributed by atoms with Crippen LogP contribution in [0.3, 0.4) is 0 Å². The maximum atomic E-state index is 13.3. The van der Waals surface area contributed by atoms with Crippen molar-refractivity contribution in [2.24, 2.45) is 5.92 Å². The Morgan fingerprint density at radius 2 is 2.07 bits per heavy atom. The molecule has 4 heteroatoms. The maximum Gasteiger partial charge on any atom is 0.131 e. The number of halogens is 2. The van der Waals surface area contributed by atoms with Gasteiger partial charge in [-0.2, -0.15) is 0 Å². The molecule has 84 valence electrons. The molecule has 0 aliphatic heterocycles. The largest absolute Gasteiger partial charge is 0.388 e. The first kappa shape index (κ1) is 12.1. The van der Waals surface area contributed by atoms with Crippen LogP contribution in [0.1, 0.15) is 18.6 Å². The summed E-state index contributed by atoms with van der Waals surface area (Å²) < 4.78 is 30.7. The fraction of sp³-hybridized carbons (Fsp3) is 0.455. The fourth-order valence-corrected chi connectivity index (χ4v) is 1.40. The zero-order valence-electron chi connectivity index (χ0n) is 8.71. The molecule has 15 heavy (non-hydrogen) atoms. The van der Waals surface area contributed by atoms with Crippen LogP contribution < -0.4 is 0 Å². The normalized spacial score (nSPS) is 15.0. The Labute approximate surface area is 87.5 Å². The van der Waals surface area contributed by atoms with E-state index in [9.17, 15) is 13.9 Å². The van der Waals surface area contributed by atoms with Crippen LogP contribution in [0.5, 0.6) is 0 Å². The number of aliphatic hydroxyl groups excluding tert-OH is 1. The Hall–Kier alpha value is -1.00. The summed E-state index contributed by atoms with van der Waals surface area (Å²) in [6, 6.07) is 3.14. The molecule has 0 spiro atoms. The van der Waals surface area contributed by atoms with Crippen molar-refractivity contribution in [3.05, 3.63) is 35.4 Å². The lowest BCUT2D eigenvalue weighted by atomic mass is 9.98. The van der Waals surface area contributed by atoms with Gasteiger partial charge in [-0.3, -0.25) is 0 Å². The third kappa shape index (κ3) is 2.97. The van der Waals surface area contributed by atoms with Gasteiger partial charge in [-0.15, -0.1) is 0 Å². The van der Waals surface area contributed by atoms with Gasteiger partial charge in [-0.1, -0.05) is 13.0 Å². The van der Waals surface area contributed by atoms with Crippen molar-refractivity contribution < 1.29 is 18.6 Å². The number of aliphatic hydroxyl groups is 1. The van der Waals surface area contributed by atoms with E-state index >= 15 is 0 Å². The molecule has 0 saturated heterocycles. The highest BCUT2D eigenvalue weighted by molar-refractivity contribution is 5.21. The van der Waals surface area contributed by atoms with Crippen molar-refractivity contribution in [1.29, 1.82) is 0 Å². The number of hydrogen-bond acceptors (Lipinski definition) is 2. The Bertz CT molecular complexity index is 328. The van der Waals surface area contributed by atoms with Crippen molar-refractivity contribution >= 4 is 0 Å². The number of benzene rings is 1. The average molecular weight is 216 g/mol. The molecule has 0 aliphatic carbocycles. The summed E-state index contributed by atoms with van der Waals surface area (Å²) >= 11 is 0. The van der Waals surface area contributed by atoms with Crippen LogP contribution in [-0.4, -0.2) is 18.8 Å². The predicted octanol–water partition coefficient (Wildman–Crippen LogP) is 2.28. The van der Waals surface area contributed by atoms with E-state index in [0.717, 1.165) is 12.1 Å². The van der Waals surface area contributed by atoms with Crippen molar-refractivity contribution in [3.63, 3.8) is 0 Å². The summed E-state index contributed by atoms with van der Waals surface area (Å²) in [7, 11) is 1.50. The molecular formula is C11H14F2O2. The van der Waals surface area contributed by atoms with Crippen LogP contribution in [0.2, 0.25) is 0 Å². The first-order valence-corrected chi connectivity index (χ1v) is 4.68. The van der Waals surface area contributed by atoms with Gasteiger partial charge < -0.3 is 9.84 Å². The second-order valence-electron chi connectivity index (χ2n) is 3.54. The van der Waals surface area contributed by atoms with Crippen LogP contribution in [0, 0.1) is 17.6 Å². The van der Waals surface area contributed by atoms with E-state index in [1.54, 1.807) is 6.92 Å². The number of methoxy groups -OCH3 is 1. The number of rotatable bonds is 4. The van der Waals surface area contributed by atoms with Crippen LogP contribution in [0.4, 0.5) is 8.78 Å². The van der Waals surface area contributed by atoms with Gasteiger partial charge in [0.25, 0.3) is 0 Å². The molecule has 0 aromatic heterocycles. The van der Waals surface area contributed by atoms with Crippen LogP contribution in [0.15, 0.2) is 18.2 Å². The lowest BCUT2D eigenvalue weighted by Crippen LogP contribution is -2.15. The summed E-state index contributed by atoms with van der Waals surface area (Å²) in [6.07, 6.45) is -0.981. The van der Waals surface area contributed by atoms with Gasteiger partial charge in [0.2, 0.25) is 0 Å². The van der Waals surface area contributed by atoms with Crippen LogP contribution in [-0.2, 0) is 4.74 Å². The number of hydrogen-bond donors (Lipinski definition) is 1. The minimum atomic E-state index is -0.981. The molecule has 2 nitrogen and oxygen atoms in total. The van der Waals surface area contributed by atoms with Gasteiger partial charge in [0.05, 0.1) is 12.7 Å². The Morgan fingerprint density at radius 3 is 2.60 bits per heavy atom. The Balaban J connectivity index is 2.86. The SMILES string of the molecule is COCC(C)C(O)c1ccc(F)cc1F. The molecule has 0 bridgehead atoms. The summed E-state index contributed by atoms with van der Waals surface area (Å²) in [5, 5.41) is 9.75. The minimum Gasteiger partial charge on any atom is -0.388 e. The molecule has 0 radical (unpaired) electrons. The Kier molecular flexibility index (Phi) is 4.17. The van der Waals surface area contributed by atoms with Gasteiger partial charge in [0.15, 0.2) is 0 Å². The highest BCUT2D eigenvalue weighted by Crippen LogP contribution is 2.24. The average Bonchev–Trinajstić information content (AvgIpc) is 2.17. The highest BCUT2D eigenvalue weighted by Gasteiger charge is 2.19. The van der Waals surface area contributed by atoms with Crippen LogP contribution >= 0.6 is 0 Å². The van der Waals surface area contributed by atoms with E-state index in [1.807, 2.05) is 0 Å². The van der Waals surface area contributed by atoms with Crippen molar-refractivity contribution in [1.82, 2.24) is 0 Å². The summed E-state index contributed by atoms with van der Waals surface area (Å²) in [5.74, 6) is -1.62. The molecule has 0 amide bonds. The third-order valence-electron chi connectivity index (χ3n) is 2.25. The van der Waals surface area contributed by atoms with E-state index in [0.29, 0.717) is 6.61 Å². The lowest BCUT2D eigenvalue weighted by Gasteiger charge is -2.18. The monoisotopic (exact) mass is 216 g/mol. The molecule has 1 N–H and O–H groups in total. The van der Waals surface area contributed by atoms with Gasteiger partial charge in [-0.05, 0) is 6.07 Å². The van der Waals surface area contributed by atoms with E-state index in [-0.39, 0.29) is 11.5 Å². The summed E-state index contributed by atoms with van der Waals surface area (Å²) in [4.78, 5) is 0. The molecule has 0 fully saturated rings. The standard InChI is InChI=1S/C11H14F2O2/c1-7(6-15-2)11(14)9-4-3-8(12)5-10(9)13/h3-5,7,11,14H,6H2,1-2H3. The van der Waals surface area contributed by atoms with Crippen molar-refractivity contribution in [3.8, 4) is 0 Å². The molecule has 2 unspecified atom stereocenters. The zero-order chi connectivity index (χ0) is 11.4. The molecular weight excluding hydrogens is 202 g/mol. The fourth-order valence-electron chi connectivity index (χ4n) is 1.40. The highest BCUT2D eigenvalue weighted by atomic mass is 19.1. The number of ether oxygens (including phenoxy) is 1. The topological polar surface area (TPSA) is 29.5 Å². The molecule has 1 aromatic rings. The van der Waals surface area contributed by atoms with Crippen molar-refractivity contribution in [2.75, 3.05) is 13.7 Å². The molecule has 1 aromatic carbocycles. The van der Waals surface area contributed by atoms with Crippen LogP contribution in [0.25, 0.3) is 0 Å². The predicted molar refractivity (Wildman–Crippen MR) is 52.4 cm³/mol. The first-order chi connectivity index (χ1) is 7.06. The quantitative estimate of drug-likeness (QED) is 0.836. The molecule has 1 rings (SSSR count). The van der Waals surface area contributed by atoms with Gasteiger partial charge in [0, 0.05) is 24.7 Å². The third-order valence-corrected chi connectivity index (χ3v) is 2.25. The molecule has 0 heterocycles.